The van der Waals surface area contributed by atoms with E-state index in [1.54, 1.807) is 48.6 Å². The smallest absolute Gasteiger partial charge is 0.150 e. The zero-order chi connectivity index (χ0) is 14.5. The monoisotopic (exact) mass is 304 g/mol. The normalized spacial score (nSPS) is 10.7. The van der Waals surface area contributed by atoms with Gasteiger partial charge >= 0.3 is 0 Å². The molecule has 0 fully saturated rings. The maximum atomic E-state index is 10.6. The van der Waals surface area contributed by atoms with Crippen molar-refractivity contribution in [3.8, 4) is 0 Å². The Morgan fingerprint density at radius 1 is 0.700 bits per heavy atom. The molecule has 2 rings (SSSR count). The van der Waals surface area contributed by atoms with E-state index in [4.69, 9.17) is 23.2 Å². The number of rotatable bonds is 4. The molecule has 0 saturated heterocycles. The van der Waals surface area contributed by atoms with E-state index >= 15 is 0 Å². The molecule has 0 aliphatic carbocycles. The van der Waals surface area contributed by atoms with Gasteiger partial charge in [0.25, 0.3) is 0 Å². The molecule has 2 aromatic carbocycles. The molecule has 0 aliphatic heterocycles. The predicted molar refractivity (Wildman–Crippen MR) is 82.6 cm³/mol. The van der Waals surface area contributed by atoms with Crippen molar-refractivity contribution in [3.63, 3.8) is 0 Å². The van der Waals surface area contributed by atoms with Gasteiger partial charge in [0.1, 0.15) is 12.6 Å². The number of halogens is 2. The Hall–Kier alpha value is -1.90. The quantitative estimate of drug-likeness (QED) is 0.601. The maximum Gasteiger partial charge on any atom is 0.150 e. The van der Waals surface area contributed by atoms with E-state index in [2.05, 4.69) is 0 Å². The third-order valence-corrected chi connectivity index (χ3v) is 3.42. The first-order valence-corrected chi connectivity index (χ1v) is 6.57. The molecule has 100 valence electrons. The minimum atomic E-state index is 0.492. The van der Waals surface area contributed by atoms with Gasteiger partial charge in [0.15, 0.2) is 0 Å². The molecule has 0 aliphatic rings. The van der Waals surface area contributed by atoms with E-state index in [-0.39, 0.29) is 0 Å². The summed E-state index contributed by atoms with van der Waals surface area (Å²) < 4.78 is 0. The second-order valence-corrected chi connectivity index (χ2v) is 4.95. The second kappa shape index (κ2) is 6.51. The van der Waals surface area contributed by atoms with Gasteiger partial charge in [-0.2, -0.15) is 0 Å². The van der Waals surface area contributed by atoms with Crippen LogP contribution in [0.1, 0.15) is 31.8 Å². The summed E-state index contributed by atoms with van der Waals surface area (Å²) in [6.45, 7) is 0. The highest BCUT2D eigenvalue weighted by atomic mass is 35.5. The van der Waals surface area contributed by atoms with Gasteiger partial charge in [0.05, 0.1) is 0 Å². The highest BCUT2D eigenvalue weighted by Crippen LogP contribution is 2.23. The molecule has 2 nitrogen and oxygen atoms in total. The van der Waals surface area contributed by atoms with Gasteiger partial charge in [0, 0.05) is 21.2 Å². The van der Waals surface area contributed by atoms with Crippen LogP contribution >= 0.6 is 23.2 Å². The van der Waals surface area contributed by atoms with Crippen molar-refractivity contribution in [1.82, 2.24) is 0 Å². The van der Waals surface area contributed by atoms with Gasteiger partial charge in [-0.3, -0.25) is 9.59 Å². The van der Waals surface area contributed by atoms with Crippen molar-refractivity contribution in [2.24, 2.45) is 0 Å². The van der Waals surface area contributed by atoms with Crippen LogP contribution in [-0.4, -0.2) is 12.6 Å². The Kier molecular flexibility index (Phi) is 4.72. The lowest BCUT2D eigenvalue weighted by Gasteiger charge is -2.01. The largest absolute Gasteiger partial charge is 0.298 e. The fourth-order valence-electron chi connectivity index (χ4n) is 1.68. The molecular formula is C16H10Cl2O2. The fraction of sp³-hybridized carbons (Fsp3) is 0. The minimum absolute atomic E-state index is 0.492. The Balaban J connectivity index is 2.29. The van der Waals surface area contributed by atoms with Crippen LogP contribution in [0.4, 0.5) is 0 Å². The zero-order valence-electron chi connectivity index (χ0n) is 10.3. The number of benzene rings is 2. The number of carbonyl (C=O) groups is 2. The van der Waals surface area contributed by atoms with E-state index in [9.17, 15) is 9.59 Å². The lowest BCUT2D eigenvalue weighted by Crippen LogP contribution is -1.83. The molecule has 0 bridgehead atoms. The minimum Gasteiger partial charge on any atom is -0.298 e. The van der Waals surface area contributed by atoms with Crippen molar-refractivity contribution >= 4 is 47.9 Å². The van der Waals surface area contributed by atoms with Crippen LogP contribution in [0.15, 0.2) is 36.4 Å². The van der Waals surface area contributed by atoms with Crippen molar-refractivity contribution in [1.29, 1.82) is 0 Å². The molecule has 0 unspecified atom stereocenters. The first-order valence-electron chi connectivity index (χ1n) is 5.81. The van der Waals surface area contributed by atoms with Gasteiger partial charge < -0.3 is 0 Å². The van der Waals surface area contributed by atoms with Gasteiger partial charge in [0.2, 0.25) is 0 Å². The summed E-state index contributed by atoms with van der Waals surface area (Å²) in [6, 6.07) is 10.1. The van der Waals surface area contributed by atoms with E-state index in [1.807, 2.05) is 0 Å². The van der Waals surface area contributed by atoms with E-state index in [0.29, 0.717) is 21.2 Å². The third kappa shape index (κ3) is 3.35. The van der Waals surface area contributed by atoms with Crippen LogP contribution in [-0.2, 0) is 0 Å². The van der Waals surface area contributed by atoms with E-state index < -0.39 is 0 Å². The summed E-state index contributed by atoms with van der Waals surface area (Å²) in [5, 5.41) is 0.984. The van der Waals surface area contributed by atoms with Crippen LogP contribution in [0.3, 0.4) is 0 Å². The predicted octanol–water partition coefficient (Wildman–Crippen LogP) is 4.79. The Morgan fingerprint density at radius 2 is 1.10 bits per heavy atom. The molecular weight excluding hydrogens is 295 g/mol. The first kappa shape index (κ1) is 14.5. The molecule has 0 saturated carbocycles. The molecule has 0 amide bonds. The number of hydrogen-bond donors (Lipinski definition) is 0. The van der Waals surface area contributed by atoms with Gasteiger partial charge in [-0.1, -0.05) is 59.6 Å². The van der Waals surface area contributed by atoms with Crippen LogP contribution in [0.5, 0.6) is 0 Å². The Bertz CT molecular complexity index is 631. The van der Waals surface area contributed by atoms with Crippen LogP contribution in [0, 0.1) is 0 Å². The van der Waals surface area contributed by atoms with Crippen molar-refractivity contribution < 1.29 is 9.59 Å². The van der Waals surface area contributed by atoms with Gasteiger partial charge in [-0.25, -0.2) is 0 Å². The Labute approximate surface area is 126 Å². The second-order valence-electron chi connectivity index (χ2n) is 4.13. The highest BCUT2D eigenvalue weighted by Gasteiger charge is 2.01. The molecule has 0 N–H and O–H groups in total. The first-order chi connectivity index (χ1) is 9.63. The van der Waals surface area contributed by atoms with Crippen LogP contribution in [0.25, 0.3) is 12.2 Å². The maximum absolute atomic E-state index is 10.6. The Morgan fingerprint density at radius 3 is 1.40 bits per heavy atom. The number of carbonyl (C=O) groups excluding carboxylic acids is 2. The standard InChI is InChI=1S/C16H10Cl2O2/c17-15-7-11(9-19)1-3-13(15)5-6-14-4-2-12(10-20)8-16(14)18/h1-10H/b6-5+. The summed E-state index contributed by atoms with van der Waals surface area (Å²) in [7, 11) is 0. The lowest BCUT2D eigenvalue weighted by atomic mass is 10.1. The van der Waals surface area contributed by atoms with Crippen molar-refractivity contribution in [3.05, 3.63) is 68.7 Å². The average Bonchev–Trinajstić information content (AvgIpc) is 2.46. The molecule has 0 spiro atoms. The lowest BCUT2D eigenvalue weighted by molar-refractivity contribution is 0.111. The zero-order valence-corrected chi connectivity index (χ0v) is 11.9. The SMILES string of the molecule is O=Cc1ccc(/C=C/c2ccc(C=O)cc2Cl)c(Cl)c1. The average molecular weight is 305 g/mol. The molecule has 0 aromatic heterocycles. The molecule has 0 atom stereocenters. The van der Waals surface area contributed by atoms with E-state index in [0.717, 1.165) is 23.7 Å². The van der Waals surface area contributed by atoms with Crippen LogP contribution in [0.2, 0.25) is 10.0 Å². The topological polar surface area (TPSA) is 34.1 Å². The summed E-state index contributed by atoms with van der Waals surface area (Å²) in [4.78, 5) is 21.3. The van der Waals surface area contributed by atoms with Gasteiger partial charge in [-0.05, 0) is 23.3 Å². The number of aldehydes is 2. The molecule has 4 heteroatoms. The van der Waals surface area contributed by atoms with Gasteiger partial charge in [-0.15, -0.1) is 0 Å². The summed E-state index contributed by atoms with van der Waals surface area (Å²) >= 11 is 12.1. The summed E-state index contributed by atoms with van der Waals surface area (Å²) in [6.07, 6.45) is 5.10. The van der Waals surface area contributed by atoms with E-state index in [1.165, 1.54) is 0 Å². The summed E-state index contributed by atoms with van der Waals surface area (Å²) in [5.74, 6) is 0. The number of hydrogen-bond acceptors (Lipinski definition) is 2. The van der Waals surface area contributed by atoms with Crippen LogP contribution < -0.4 is 0 Å². The molecule has 2 aromatic rings. The fourth-order valence-corrected chi connectivity index (χ4v) is 2.19. The van der Waals surface area contributed by atoms with Crippen molar-refractivity contribution in [2.75, 3.05) is 0 Å². The van der Waals surface area contributed by atoms with Crippen molar-refractivity contribution in [2.45, 2.75) is 0 Å². The molecule has 0 heterocycles. The summed E-state index contributed by atoms with van der Waals surface area (Å²) in [5.41, 5.74) is 2.63. The molecule has 0 radical (unpaired) electrons. The highest BCUT2D eigenvalue weighted by molar-refractivity contribution is 6.33. The molecule has 20 heavy (non-hydrogen) atoms. The third-order valence-electron chi connectivity index (χ3n) is 2.76.